The number of aliphatic carboxylic acids is 1. The Morgan fingerprint density at radius 3 is 1.76 bits per heavy atom. The van der Waals surface area contributed by atoms with Crippen LogP contribution in [0.2, 0.25) is 0 Å². The molecule has 4 heteroatoms. The van der Waals surface area contributed by atoms with Gasteiger partial charge in [0.25, 0.3) is 0 Å². The summed E-state index contributed by atoms with van der Waals surface area (Å²) in [6, 6.07) is 0. The zero-order valence-corrected chi connectivity index (χ0v) is 17.1. The topological polar surface area (TPSA) is 60.4 Å². The third-order valence-corrected chi connectivity index (χ3v) is 5.00. The lowest BCUT2D eigenvalue weighted by Crippen LogP contribution is -2.46. The van der Waals surface area contributed by atoms with Crippen molar-refractivity contribution in [2.45, 2.75) is 103 Å². The predicted molar refractivity (Wildman–Crippen MR) is 103 cm³/mol. The van der Waals surface area contributed by atoms with Gasteiger partial charge in [-0.3, -0.25) is 0 Å². The SMILES string of the molecule is CCCCCCCCCCCCCC[N+](C)(C)CC(O)CCC(=O)[O-]. The molecule has 0 aromatic rings. The average molecular weight is 358 g/mol. The van der Waals surface area contributed by atoms with Crippen LogP contribution in [0.3, 0.4) is 0 Å². The van der Waals surface area contributed by atoms with Crippen LogP contribution in [0.4, 0.5) is 0 Å². The summed E-state index contributed by atoms with van der Waals surface area (Å²) in [5.74, 6) is -1.08. The molecule has 0 aliphatic rings. The van der Waals surface area contributed by atoms with Crippen LogP contribution in [0, 0.1) is 0 Å². The van der Waals surface area contributed by atoms with Crippen molar-refractivity contribution in [3.05, 3.63) is 0 Å². The Balaban J connectivity index is 3.46. The minimum absolute atomic E-state index is 0.0558. The van der Waals surface area contributed by atoms with Gasteiger partial charge in [-0.15, -0.1) is 0 Å². The molecule has 0 saturated heterocycles. The number of quaternary nitrogens is 1. The Hall–Kier alpha value is -0.610. The summed E-state index contributed by atoms with van der Waals surface area (Å²) in [5.41, 5.74) is 0. The maximum atomic E-state index is 10.4. The quantitative estimate of drug-likeness (QED) is 0.301. The fourth-order valence-electron chi connectivity index (χ4n) is 3.42. The van der Waals surface area contributed by atoms with Crippen molar-refractivity contribution < 1.29 is 19.5 Å². The van der Waals surface area contributed by atoms with Crippen LogP contribution in [0.15, 0.2) is 0 Å². The molecule has 1 atom stereocenters. The van der Waals surface area contributed by atoms with Gasteiger partial charge in [0.1, 0.15) is 12.6 Å². The molecule has 1 unspecified atom stereocenters. The van der Waals surface area contributed by atoms with E-state index in [1.165, 1.54) is 77.0 Å². The Kier molecular flexibility index (Phi) is 15.2. The highest BCUT2D eigenvalue weighted by Gasteiger charge is 2.19. The van der Waals surface area contributed by atoms with E-state index in [2.05, 4.69) is 21.0 Å². The molecular weight excluding hydrogens is 314 g/mol. The normalized spacial score (nSPS) is 13.1. The smallest absolute Gasteiger partial charge is 0.105 e. The number of aliphatic hydroxyl groups excluding tert-OH is 1. The molecule has 0 fully saturated rings. The van der Waals surface area contributed by atoms with E-state index < -0.39 is 12.1 Å². The molecule has 0 heterocycles. The third kappa shape index (κ3) is 18.0. The Morgan fingerprint density at radius 2 is 1.32 bits per heavy atom. The number of rotatable bonds is 18. The molecule has 0 aromatic heterocycles. The van der Waals surface area contributed by atoms with Crippen molar-refractivity contribution in [2.75, 3.05) is 27.2 Å². The first-order valence-corrected chi connectivity index (χ1v) is 10.6. The van der Waals surface area contributed by atoms with E-state index in [1.807, 2.05) is 0 Å². The summed E-state index contributed by atoms with van der Waals surface area (Å²) in [5, 5.41) is 20.4. The highest BCUT2D eigenvalue weighted by molar-refractivity contribution is 5.64. The molecule has 0 aliphatic heterocycles. The fraction of sp³-hybridized carbons (Fsp3) is 0.952. The number of carbonyl (C=O) groups excluding carboxylic acids is 1. The van der Waals surface area contributed by atoms with E-state index in [1.54, 1.807) is 0 Å². The molecule has 25 heavy (non-hydrogen) atoms. The minimum Gasteiger partial charge on any atom is -0.550 e. The van der Waals surface area contributed by atoms with Crippen molar-refractivity contribution in [3.8, 4) is 0 Å². The van der Waals surface area contributed by atoms with Crippen LogP contribution >= 0.6 is 0 Å². The second-order valence-corrected chi connectivity index (χ2v) is 8.30. The summed E-state index contributed by atoms with van der Waals surface area (Å²) < 4.78 is 0.756. The van der Waals surface area contributed by atoms with Crippen LogP contribution in [-0.4, -0.2) is 48.8 Å². The lowest BCUT2D eigenvalue weighted by atomic mass is 10.1. The van der Waals surface area contributed by atoms with Gasteiger partial charge >= 0.3 is 0 Å². The largest absolute Gasteiger partial charge is 0.550 e. The van der Waals surface area contributed by atoms with Crippen LogP contribution in [0.1, 0.15) is 96.8 Å². The zero-order valence-electron chi connectivity index (χ0n) is 17.1. The summed E-state index contributed by atoms with van der Waals surface area (Å²) in [6.45, 7) is 3.92. The van der Waals surface area contributed by atoms with E-state index in [9.17, 15) is 15.0 Å². The van der Waals surface area contributed by atoms with Gasteiger partial charge in [0.15, 0.2) is 0 Å². The molecule has 0 amide bonds. The molecule has 0 bridgehead atoms. The number of hydrogen-bond acceptors (Lipinski definition) is 3. The second kappa shape index (κ2) is 15.6. The number of unbranched alkanes of at least 4 members (excludes halogenated alkanes) is 11. The van der Waals surface area contributed by atoms with Gasteiger partial charge in [0, 0.05) is 5.97 Å². The van der Waals surface area contributed by atoms with E-state index >= 15 is 0 Å². The zero-order chi connectivity index (χ0) is 19.0. The molecule has 0 aromatic carbocycles. The average Bonchev–Trinajstić information content (AvgIpc) is 2.53. The molecule has 0 saturated carbocycles. The van der Waals surface area contributed by atoms with Gasteiger partial charge in [-0.2, -0.15) is 0 Å². The number of carboxylic acids is 1. The molecule has 0 spiro atoms. The highest BCUT2D eigenvalue weighted by Crippen LogP contribution is 2.13. The lowest BCUT2D eigenvalue weighted by Gasteiger charge is -2.32. The van der Waals surface area contributed by atoms with Crippen LogP contribution in [-0.2, 0) is 4.79 Å². The molecule has 0 rings (SSSR count). The minimum atomic E-state index is -1.08. The predicted octanol–water partition coefficient (Wildman–Crippen LogP) is 3.65. The number of nitrogens with zero attached hydrogens (tertiary/aromatic N) is 1. The summed E-state index contributed by atoms with van der Waals surface area (Å²) >= 11 is 0. The molecule has 0 radical (unpaired) electrons. The van der Waals surface area contributed by atoms with Crippen LogP contribution < -0.4 is 5.11 Å². The fourth-order valence-corrected chi connectivity index (χ4v) is 3.42. The Bertz CT molecular complexity index is 318. The van der Waals surface area contributed by atoms with Crippen molar-refractivity contribution in [1.82, 2.24) is 0 Å². The Morgan fingerprint density at radius 1 is 0.880 bits per heavy atom. The summed E-state index contributed by atoms with van der Waals surface area (Å²) in [6.07, 6.45) is 15.9. The summed E-state index contributed by atoms with van der Waals surface area (Å²) in [4.78, 5) is 10.4. The van der Waals surface area contributed by atoms with Crippen molar-refractivity contribution >= 4 is 5.97 Å². The maximum absolute atomic E-state index is 10.4. The van der Waals surface area contributed by atoms with E-state index in [4.69, 9.17) is 0 Å². The standard InChI is InChI=1S/C21H43NO3/c1-4-5-6-7-8-9-10-11-12-13-14-15-18-22(2,3)19-20(23)16-17-21(24)25/h20,23H,4-19H2,1-3H3. The van der Waals surface area contributed by atoms with Crippen molar-refractivity contribution in [3.63, 3.8) is 0 Å². The van der Waals surface area contributed by atoms with E-state index in [0.717, 1.165) is 11.0 Å². The highest BCUT2D eigenvalue weighted by atomic mass is 16.4. The van der Waals surface area contributed by atoms with E-state index in [0.29, 0.717) is 13.0 Å². The van der Waals surface area contributed by atoms with Crippen molar-refractivity contribution in [1.29, 1.82) is 0 Å². The molecule has 1 N–H and O–H groups in total. The van der Waals surface area contributed by atoms with Gasteiger partial charge in [0.2, 0.25) is 0 Å². The monoisotopic (exact) mass is 357 g/mol. The van der Waals surface area contributed by atoms with Gasteiger partial charge < -0.3 is 19.5 Å². The van der Waals surface area contributed by atoms with Gasteiger partial charge in [-0.1, -0.05) is 71.1 Å². The molecular formula is C21H43NO3. The maximum Gasteiger partial charge on any atom is 0.105 e. The van der Waals surface area contributed by atoms with Crippen LogP contribution in [0.25, 0.3) is 0 Å². The molecule has 150 valence electrons. The first-order chi connectivity index (χ1) is 11.9. The number of carbonyl (C=O) groups is 1. The number of carboxylic acid groups (broad SMARTS) is 1. The van der Waals surface area contributed by atoms with Gasteiger partial charge in [-0.25, -0.2) is 0 Å². The first kappa shape index (κ1) is 24.4. The first-order valence-electron chi connectivity index (χ1n) is 10.6. The number of hydrogen-bond donors (Lipinski definition) is 1. The van der Waals surface area contributed by atoms with Gasteiger partial charge in [0.05, 0.1) is 20.6 Å². The molecule has 4 nitrogen and oxygen atoms in total. The number of aliphatic hydroxyl groups is 1. The van der Waals surface area contributed by atoms with E-state index in [-0.39, 0.29) is 6.42 Å². The summed E-state index contributed by atoms with van der Waals surface area (Å²) in [7, 11) is 4.22. The molecule has 0 aliphatic carbocycles. The third-order valence-electron chi connectivity index (χ3n) is 5.00. The van der Waals surface area contributed by atoms with Gasteiger partial charge in [-0.05, 0) is 25.7 Å². The number of likely N-dealkylation sites (N-methyl/N-ethyl adjacent to an activating group) is 1. The van der Waals surface area contributed by atoms with Crippen molar-refractivity contribution in [2.24, 2.45) is 0 Å². The van der Waals surface area contributed by atoms with Crippen LogP contribution in [0.5, 0.6) is 0 Å². The Labute approximate surface area is 156 Å². The lowest BCUT2D eigenvalue weighted by molar-refractivity contribution is -0.893. The second-order valence-electron chi connectivity index (χ2n) is 8.30.